The molecule has 1 atom stereocenters. The molecule has 1 aliphatic carbocycles. The minimum absolute atomic E-state index is 0.0386. The molecule has 0 saturated carbocycles. The number of pyridine rings is 1. The van der Waals surface area contributed by atoms with Crippen molar-refractivity contribution < 1.29 is 4.79 Å². The monoisotopic (exact) mass is 256 g/mol. The van der Waals surface area contributed by atoms with Crippen LogP contribution in [-0.4, -0.2) is 20.9 Å². The van der Waals surface area contributed by atoms with E-state index in [1.54, 1.807) is 12.5 Å². The van der Waals surface area contributed by atoms with Gasteiger partial charge in [0, 0.05) is 24.2 Å². The van der Waals surface area contributed by atoms with Gasteiger partial charge in [0.2, 0.25) is 5.91 Å². The van der Waals surface area contributed by atoms with Crippen molar-refractivity contribution in [2.24, 2.45) is 5.92 Å². The van der Waals surface area contributed by atoms with E-state index >= 15 is 0 Å². The first-order valence-corrected chi connectivity index (χ1v) is 6.51. The molecule has 5 heteroatoms. The molecule has 0 aliphatic heterocycles. The molecule has 19 heavy (non-hydrogen) atoms. The fourth-order valence-corrected chi connectivity index (χ4v) is 2.45. The van der Waals surface area contributed by atoms with Crippen molar-refractivity contribution in [1.29, 1.82) is 0 Å². The predicted octanol–water partition coefficient (Wildman–Crippen LogP) is 1.23. The van der Waals surface area contributed by atoms with Crippen LogP contribution in [0.3, 0.4) is 0 Å². The van der Waals surface area contributed by atoms with Gasteiger partial charge in [-0.05, 0) is 25.0 Å². The highest BCUT2D eigenvalue weighted by molar-refractivity contribution is 5.79. The Morgan fingerprint density at radius 1 is 1.42 bits per heavy atom. The third-order valence-corrected chi connectivity index (χ3v) is 3.53. The molecule has 1 amide bonds. The normalized spacial score (nSPS) is 17.8. The Bertz CT molecular complexity index is 564. The van der Waals surface area contributed by atoms with E-state index in [0.717, 1.165) is 36.3 Å². The molecule has 98 valence electrons. The molecule has 5 nitrogen and oxygen atoms in total. The van der Waals surface area contributed by atoms with Gasteiger partial charge in [0.05, 0.1) is 24.3 Å². The van der Waals surface area contributed by atoms with Crippen LogP contribution in [0.25, 0.3) is 0 Å². The number of carbonyl (C=O) groups is 1. The summed E-state index contributed by atoms with van der Waals surface area (Å²) in [7, 11) is 0. The molecule has 0 aromatic carbocycles. The second-order valence-electron chi connectivity index (χ2n) is 4.81. The van der Waals surface area contributed by atoms with E-state index in [1.807, 2.05) is 18.2 Å². The first kappa shape index (κ1) is 11.9. The number of rotatable bonds is 3. The van der Waals surface area contributed by atoms with Crippen LogP contribution in [0.15, 0.2) is 30.7 Å². The zero-order valence-corrected chi connectivity index (χ0v) is 10.6. The van der Waals surface area contributed by atoms with Gasteiger partial charge in [-0.15, -0.1) is 0 Å². The summed E-state index contributed by atoms with van der Waals surface area (Å²) in [5, 5.41) is 2.96. The smallest absolute Gasteiger partial charge is 0.223 e. The zero-order chi connectivity index (χ0) is 13.1. The number of aryl methyl sites for hydroxylation is 1. The summed E-state index contributed by atoms with van der Waals surface area (Å²) in [4.78, 5) is 23.7. The van der Waals surface area contributed by atoms with Gasteiger partial charge in [-0.1, -0.05) is 6.07 Å². The largest absolute Gasteiger partial charge is 0.350 e. The quantitative estimate of drug-likeness (QED) is 0.867. The van der Waals surface area contributed by atoms with Gasteiger partial charge in [0.15, 0.2) is 0 Å². The van der Waals surface area contributed by atoms with Crippen LogP contribution in [0.1, 0.15) is 23.5 Å². The Hall–Kier alpha value is -2.17. The summed E-state index contributed by atoms with van der Waals surface area (Å²) in [6.45, 7) is 0.492. The number of imidazole rings is 1. The molecule has 2 aromatic heterocycles. The SMILES string of the molecule is O=C(NCc1ccccn1)C1CCc2nc[nH]c2C1. The van der Waals surface area contributed by atoms with Crippen LogP contribution < -0.4 is 5.32 Å². The number of fused-ring (bicyclic) bond motifs is 1. The first-order chi connectivity index (χ1) is 9.33. The molecular formula is C14H16N4O. The van der Waals surface area contributed by atoms with Crippen molar-refractivity contribution in [2.75, 3.05) is 0 Å². The third kappa shape index (κ3) is 2.65. The van der Waals surface area contributed by atoms with E-state index in [2.05, 4.69) is 20.3 Å². The summed E-state index contributed by atoms with van der Waals surface area (Å²) in [5.74, 6) is 0.141. The maximum atomic E-state index is 12.1. The van der Waals surface area contributed by atoms with Crippen molar-refractivity contribution in [3.63, 3.8) is 0 Å². The zero-order valence-electron chi connectivity index (χ0n) is 10.6. The second-order valence-corrected chi connectivity index (χ2v) is 4.81. The Morgan fingerprint density at radius 3 is 3.21 bits per heavy atom. The highest BCUT2D eigenvalue weighted by Crippen LogP contribution is 2.22. The Morgan fingerprint density at radius 2 is 2.37 bits per heavy atom. The van der Waals surface area contributed by atoms with Crippen LogP contribution >= 0.6 is 0 Å². The molecule has 2 aromatic rings. The minimum atomic E-state index is 0.0386. The average molecular weight is 256 g/mol. The lowest BCUT2D eigenvalue weighted by molar-refractivity contribution is -0.125. The number of aromatic amines is 1. The van der Waals surface area contributed by atoms with E-state index in [9.17, 15) is 4.79 Å². The first-order valence-electron chi connectivity index (χ1n) is 6.51. The number of nitrogens with zero attached hydrogens (tertiary/aromatic N) is 2. The number of amides is 1. The molecule has 0 saturated heterocycles. The predicted molar refractivity (Wildman–Crippen MR) is 70.2 cm³/mol. The van der Waals surface area contributed by atoms with Crippen molar-refractivity contribution in [3.8, 4) is 0 Å². The minimum Gasteiger partial charge on any atom is -0.350 e. The van der Waals surface area contributed by atoms with Crippen molar-refractivity contribution in [3.05, 3.63) is 47.8 Å². The van der Waals surface area contributed by atoms with Gasteiger partial charge in [0.1, 0.15) is 0 Å². The maximum Gasteiger partial charge on any atom is 0.223 e. The van der Waals surface area contributed by atoms with Gasteiger partial charge in [-0.25, -0.2) is 4.98 Å². The topological polar surface area (TPSA) is 70.7 Å². The standard InChI is InChI=1S/C14H16N4O/c19-14(16-8-11-3-1-2-6-15-11)10-4-5-12-13(7-10)18-9-17-12/h1-3,6,9-10H,4-5,7-8H2,(H,16,19)(H,17,18). The molecular weight excluding hydrogens is 240 g/mol. The van der Waals surface area contributed by atoms with E-state index in [-0.39, 0.29) is 11.8 Å². The van der Waals surface area contributed by atoms with E-state index < -0.39 is 0 Å². The van der Waals surface area contributed by atoms with Gasteiger partial charge < -0.3 is 10.3 Å². The summed E-state index contributed by atoms with van der Waals surface area (Å²) < 4.78 is 0. The average Bonchev–Trinajstić information content (AvgIpc) is 2.93. The fourth-order valence-electron chi connectivity index (χ4n) is 2.45. The number of carbonyl (C=O) groups excluding carboxylic acids is 1. The van der Waals surface area contributed by atoms with Crippen LogP contribution in [0.5, 0.6) is 0 Å². The van der Waals surface area contributed by atoms with E-state index in [0.29, 0.717) is 6.54 Å². The molecule has 3 rings (SSSR count). The molecule has 0 bridgehead atoms. The molecule has 1 unspecified atom stereocenters. The van der Waals surface area contributed by atoms with Gasteiger partial charge >= 0.3 is 0 Å². The van der Waals surface area contributed by atoms with Crippen molar-refractivity contribution >= 4 is 5.91 Å². The lowest BCUT2D eigenvalue weighted by atomic mass is 9.89. The molecule has 2 N–H and O–H groups in total. The molecule has 0 radical (unpaired) electrons. The lowest BCUT2D eigenvalue weighted by Crippen LogP contribution is -2.33. The molecule has 1 aliphatic rings. The summed E-state index contributed by atoms with van der Waals surface area (Å²) in [5.41, 5.74) is 3.09. The van der Waals surface area contributed by atoms with Gasteiger partial charge in [0.25, 0.3) is 0 Å². The third-order valence-electron chi connectivity index (χ3n) is 3.53. The van der Waals surface area contributed by atoms with Crippen molar-refractivity contribution in [1.82, 2.24) is 20.3 Å². The highest BCUT2D eigenvalue weighted by Gasteiger charge is 2.25. The van der Waals surface area contributed by atoms with Crippen LogP contribution in [-0.2, 0) is 24.2 Å². The van der Waals surface area contributed by atoms with Gasteiger partial charge in [-0.2, -0.15) is 0 Å². The van der Waals surface area contributed by atoms with Crippen LogP contribution in [0.4, 0.5) is 0 Å². The van der Waals surface area contributed by atoms with E-state index in [1.165, 1.54) is 0 Å². The van der Waals surface area contributed by atoms with Gasteiger partial charge in [-0.3, -0.25) is 9.78 Å². The lowest BCUT2D eigenvalue weighted by Gasteiger charge is -2.20. The van der Waals surface area contributed by atoms with E-state index in [4.69, 9.17) is 0 Å². The van der Waals surface area contributed by atoms with Crippen LogP contribution in [0, 0.1) is 5.92 Å². The number of hydrogen-bond acceptors (Lipinski definition) is 3. The van der Waals surface area contributed by atoms with Crippen LogP contribution in [0.2, 0.25) is 0 Å². The number of H-pyrrole nitrogens is 1. The highest BCUT2D eigenvalue weighted by atomic mass is 16.1. The number of aromatic nitrogens is 3. The Kier molecular flexibility index (Phi) is 3.27. The molecule has 2 heterocycles. The summed E-state index contributed by atoms with van der Waals surface area (Å²) in [6.07, 6.45) is 5.94. The number of hydrogen-bond donors (Lipinski definition) is 2. The van der Waals surface area contributed by atoms with Crippen molar-refractivity contribution in [2.45, 2.75) is 25.8 Å². The second kappa shape index (κ2) is 5.22. The Labute approximate surface area is 111 Å². The molecule has 0 fully saturated rings. The summed E-state index contributed by atoms with van der Waals surface area (Å²) >= 11 is 0. The maximum absolute atomic E-state index is 12.1. The number of nitrogens with one attached hydrogen (secondary N) is 2. The Balaban J connectivity index is 1.57. The molecule has 0 spiro atoms. The summed E-state index contributed by atoms with van der Waals surface area (Å²) in [6, 6.07) is 5.70. The fraction of sp³-hybridized carbons (Fsp3) is 0.357.